The van der Waals surface area contributed by atoms with Gasteiger partial charge in [-0.05, 0) is 44.0 Å². The molecule has 3 heteroatoms. The van der Waals surface area contributed by atoms with Gasteiger partial charge >= 0.3 is 0 Å². The lowest BCUT2D eigenvalue weighted by atomic mass is 10.1. The third kappa shape index (κ3) is 1.97. The van der Waals surface area contributed by atoms with Gasteiger partial charge in [0.2, 0.25) is 0 Å². The molecule has 0 aliphatic rings. The zero-order valence-corrected chi connectivity index (χ0v) is 10.6. The highest BCUT2D eigenvalue weighted by molar-refractivity contribution is 7.12. The molecule has 0 fully saturated rings. The first kappa shape index (κ1) is 10.8. The molecule has 0 saturated heterocycles. The topological polar surface area (TPSA) is 13.1 Å². The normalized spacial score (nSPS) is 13.1. The predicted octanol–water partition coefficient (Wildman–Crippen LogP) is 4.59. The molecule has 80 valence electrons. The molecule has 1 atom stereocenters. The van der Waals surface area contributed by atoms with Crippen LogP contribution >= 0.6 is 22.9 Å². The van der Waals surface area contributed by atoms with Crippen LogP contribution in [0.2, 0.25) is 0 Å². The molecule has 0 aliphatic carbocycles. The molecule has 2 aromatic rings. The van der Waals surface area contributed by atoms with Crippen molar-refractivity contribution < 1.29 is 4.42 Å². The number of rotatable bonds is 2. The average molecular weight is 241 g/mol. The standard InChI is InChI=1S/C12H13ClOS/c1-7-4-5-14-12(7)11(13)10-6-8(2)15-9(10)3/h4-6,11H,1-3H3. The van der Waals surface area contributed by atoms with E-state index < -0.39 is 0 Å². The molecular weight excluding hydrogens is 228 g/mol. The number of furan rings is 1. The van der Waals surface area contributed by atoms with Crippen molar-refractivity contribution in [1.29, 1.82) is 0 Å². The Morgan fingerprint density at radius 2 is 2.07 bits per heavy atom. The Balaban J connectivity index is 2.40. The molecule has 2 heterocycles. The smallest absolute Gasteiger partial charge is 0.129 e. The summed E-state index contributed by atoms with van der Waals surface area (Å²) >= 11 is 8.18. The van der Waals surface area contributed by atoms with Crippen molar-refractivity contribution in [2.45, 2.75) is 26.1 Å². The number of alkyl halides is 1. The van der Waals surface area contributed by atoms with Crippen molar-refractivity contribution in [2.24, 2.45) is 0 Å². The molecule has 0 N–H and O–H groups in total. The van der Waals surface area contributed by atoms with Gasteiger partial charge in [-0.15, -0.1) is 22.9 Å². The van der Waals surface area contributed by atoms with Crippen LogP contribution in [0.4, 0.5) is 0 Å². The summed E-state index contributed by atoms with van der Waals surface area (Å²) in [6.45, 7) is 6.21. The van der Waals surface area contributed by atoms with E-state index in [0.717, 1.165) is 16.9 Å². The highest BCUT2D eigenvalue weighted by Gasteiger charge is 2.19. The third-order valence-corrected chi connectivity index (χ3v) is 3.90. The first-order valence-electron chi connectivity index (χ1n) is 4.84. The van der Waals surface area contributed by atoms with Crippen LogP contribution in [0.25, 0.3) is 0 Å². The minimum atomic E-state index is -0.162. The number of hydrogen-bond donors (Lipinski definition) is 0. The van der Waals surface area contributed by atoms with Crippen molar-refractivity contribution in [3.63, 3.8) is 0 Å². The van der Waals surface area contributed by atoms with E-state index >= 15 is 0 Å². The maximum atomic E-state index is 6.41. The van der Waals surface area contributed by atoms with Gasteiger partial charge in [-0.25, -0.2) is 0 Å². The molecule has 0 aliphatic heterocycles. The Bertz CT molecular complexity index is 470. The van der Waals surface area contributed by atoms with Gasteiger partial charge in [0.15, 0.2) is 0 Å². The van der Waals surface area contributed by atoms with Crippen molar-refractivity contribution >= 4 is 22.9 Å². The molecule has 0 radical (unpaired) electrons. The second-order valence-electron chi connectivity index (χ2n) is 3.70. The van der Waals surface area contributed by atoms with Crippen molar-refractivity contribution in [1.82, 2.24) is 0 Å². The lowest BCUT2D eigenvalue weighted by Crippen LogP contribution is -1.93. The number of thiophene rings is 1. The Labute approximate surface area is 98.7 Å². The molecule has 0 amide bonds. The lowest BCUT2D eigenvalue weighted by Gasteiger charge is -2.07. The Hall–Kier alpha value is -0.730. The second kappa shape index (κ2) is 4.03. The zero-order valence-electron chi connectivity index (χ0n) is 9.00. The molecule has 1 nitrogen and oxygen atoms in total. The number of hydrogen-bond acceptors (Lipinski definition) is 2. The molecule has 2 aromatic heterocycles. The molecule has 0 aromatic carbocycles. The van der Waals surface area contributed by atoms with Crippen LogP contribution in [0.5, 0.6) is 0 Å². The predicted molar refractivity (Wildman–Crippen MR) is 64.9 cm³/mol. The van der Waals surface area contributed by atoms with Crippen LogP contribution in [0.15, 0.2) is 22.8 Å². The highest BCUT2D eigenvalue weighted by atomic mass is 35.5. The molecular formula is C12H13ClOS. The quantitative estimate of drug-likeness (QED) is 0.700. The van der Waals surface area contributed by atoms with Gasteiger partial charge in [0, 0.05) is 9.75 Å². The summed E-state index contributed by atoms with van der Waals surface area (Å²) in [4.78, 5) is 2.56. The SMILES string of the molecule is Cc1cc(C(Cl)c2occc2C)c(C)s1. The van der Waals surface area contributed by atoms with E-state index in [4.69, 9.17) is 16.0 Å². The number of aryl methyl sites for hydroxylation is 3. The fourth-order valence-electron chi connectivity index (χ4n) is 1.69. The summed E-state index contributed by atoms with van der Waals surface area (Å²) in [6.07, 6.45) is 1.69. The van der Waals surface area contributed by atoms with Gasteiger partial charge < -0.3 is 4.42 Å². The van der Waals surface area contributed by atoms with Crippen molar-refractivity contribution in [3.05, 3.63) is 45.0 Å². The molecule has 0 bridgehead atoms. The lowest BCUT2D eigenvalue weighted by molar-refractivity contribution is 0.513. The van der Waals surface area contributed by atoms with Gasteiger partial charge in [0.05, 0.1) is 6.26 Å². The van der Waals surface area contributed by atoms with Gasteiger partial charge in [-0.2, -0.15) is 0 Å². The first-order chi connectivity index (χ1) is 7.09. The third-order valence-electron chi connectivity index (χ3n) is 2.48. The van der Waals surface area contributed by atoms with Crippen LogP contribution in [0, 0.1) is 20.8 Å². The van der Waals surface area contributed by atoms with Gasteiger partial charge in [-0.1, -0.05) is 0 Å². The van der Waals surface area contributed by atoms with E-state index in [9.17, 15) is 0 Å². The summed E-state index contributed by atoms with van der Waals surface area (Å²) in [7, 11) is 0. The van der Waals surface area contributed by atoms with Crippen LogP contribution in [-0.2, 0) is 0 Å². The fraction of sp³-hybridized carbons (Fsp3) is 0.333. The summed E-state index contributed by atoms with van der Waals surface area (Å²) in [5, 5.41) is -0.162. The Kier molecular flexibility index (Phi) is 2.89. The van der Waals surface area contributed by atoms with Gasteiger partial charge in [0.25, 0.3) is 0 Å². The molecule has 15 heavy (non-hydrogen) atoms. The van der Waals surface area contributed by atoms with E-state index in [1.807, 2.05) is 13.0 Å². The summed E-state index contributed by atoms with van der Waals surface area (Å²) < 4.78 is 5.42. The molecule has 0 spiro atoms. The zero-order chi connectivity index (χ0) is 11.0. The van der Waals surface area contributed by atoms with Crippen molar-refractivity contribution in [3.8, 4) is 0 Å². The van der Waals surface area contributed by atoms with E-state index in [-0.39, 0.29) is 5.38 Å². The molecule has 1 unspecified atom stereocenters. The summed E-state index contributed by atoms with van der Waals surface area (Å²) in [5.74, 6) is 0.859. The Morgan fingerprint density at radius 3 is 2.53 bits per heavy atom. The molecule has 2 rings (SSSR count). The second-order valence-corrected chi connectivity index (χ2v) is 5.60. The summed E-state index contributed by atoms with van der Waals surface area (Å²) in [6, 6.07) is 4.08. The largest absolute Gasteiger partial charge is 0.467 e. The van der Waals surface area contributed by atoms with Crippen LogP contribution in [-0.4, -0.2) is 0 Å². The van der Waals surface area contributed by atoms with Gasteiger partial charge in [-0.3, -0.25) is 0 Å². The molecule has 0 saturated carbocycles. The minimum Gasteiger partial charge on any atom is -0.467 e. The highest BCUT2D eigenvalue weighted by Crippen LogP contribution is 2.36. The maximum Gasteiger partial charge on any atom is 0.129 e. The summed E-state index contributed by atoms with van der Waals surface area (Å²) in [5.41, 5.74) is 2.27. The van der Waals surface area contributed by atoms with Crippen LogP contribution in [0.3, 0.4) is 0 Å². The maximum absolute atomic E-state index is 6.41. The van der Waals surface area contributed by atoms with Gasteiger partial charge in [0.1, 0.15) is 11.1 Å². The van der Waals surface area contributed by atoms with E-state index in [0.29, 0.717) is 0 Å². The van der Waals surface area contributed by atoms with E-state index in [1.165, 1.54) is 9.75 Å². The van der Waals surface area contributed by atoms with E-state index in [1.54, 1.807) is 17.6 Å². The minimum absolute atomic E-state index is 0.162. The van der Waals surface area contributed by atoms with Crippen LogP contribution < -0.4 is 0 Å². The van der Waals surface area contributed by atoms with E-state index in [2.05, 4.69) is 19.9 Å². The number of halogens is 1. The Morgan fingerprint density at radius 1 is 1.33 bits per heavy atom. The first-order valence-corrected chi connectivity index (χ1v) is 6.10. The monoisotopic (exact) mass is 240 g/mol. The van der Waals surface area contributed by atoms with Crippen molar-refractivity contribution in [2.75, 3.05) is 0 Å². The average Bonchev–Trinajstić information content (AvgIpc) is 2.71. The van der Waals surface area contributed by atoms with Crippen LogP contribution in [0.1, 0.15) is 32.0 Å². The fourth-order valence-corrected chi connectivity index (χ4v) is 3.17.